The lowest BCUT2D eigenvalue weighted by Crippen LogP contribution is -2.43. The third-order valence-electron chi connectivity index (χ3n) is 2.28. The number of aliphatic hydroxyl groups is 1. The van der Waals surface area contributed by atoms with Gasteiger partial charge in [0.1, 0.15) is 6.04 Å². The van der Waals surface area contributed by atoms with Crippen LogP contribution in [0.5, 0.6) is 11.5 Å². The predicted molar refractivity (Wildman–Crippen MR) is 64.9 cm³/mol. The lowest BCUT2D eigenvalue weighted by Gasteiger charge is -2.13. The summed E-state index contributed by atoms with van der Waals surface area (Å²) in [5.41, 5.74) is 0. The molecule has 1 aromatic rings. The third-order valence-corrected chi connectivity index (χ3v) is 2.28. The van der Waals surface area contributed by atoms with Gasteiger partial charge in [-0.1, -0.05) is 12.1 Å². The van der Waals surface area contributed by atoms with E-state index in [1.165, 1.54) is 12.1 Å². The number of nitrogens with one attached hydrogen (secondary N) is 1. The molecule has 0 radical (unpaired) electrons. The van der Waals surface area contributed by atoms with Crippen LogP contribution in [0.3, 0.4) is 0 Å². The van der Waals surface area contributed by atoms with Crippen LogP contribution in [0.2, 0.25) is 0 Å². The number of aliphatic carboxylic acids is 1. The molecule has 1 amide bonds. The van der Waals surface area contributed by atoms with Gasteiger partial charge in [0.15, 0.2) is 18.1 Å². The van der Waals surface area contributed by atoms with Gasteiger partial charge in [-0.15, -0.1) is 0 Å². The normalized spacial score (nSPS) is 11.6. The summed E-state index contributed by atoms with van der Waals surface area (Å²) in [7, 11) is 0. The van der Waals surface area contributed by atoms with E-state index < -0.39 is 24.5 Å². The van der Waals surface area contributed by atoms with E-state index in [-0.39, 0.29) is 24.5 Å². The zero-order chi connectivity index (χ0) is 14.3. The van der Waals surface area contributed by atoms with Gasteiger partial charge in [0.05, 0.1) is 0 Å². The number of phenols is 1. The summed E-state index contributed by atoms with van der Waals surface area (Å²) >= 11 is 0. The van der Waals surface area contributed by atoms with Crippen LogP contribution in [0.1, 0.15) is 6.42 Å². The molecule has 0 bridgehead atoms. The predicted octanol–water partition coefficient (Wildman–Crippen LogP) is -0.277. The Bertz CT molecular complexity index is 448. The number of aromatic hydroxyl groups is 1. The first kappa shape index (κ1) is 14.8. The molecule has 0 aromatic heterocycles. The van der Waals surface area contributed by atoms with Crippen LogP contribution in [0, 0.1) is 0 Å². The molecule has 1 atom stereocenters. The van der Waals surface area contributed by atoms with E-state index in [2.05, 4.69) is 5.32 Å². The van der Waals surface area contributed by atoms with E-state index in [0.29, 0.717) is 0 Å². The number of carbonyl (C=O) groups excluding carboxylic acids is 1. The molecule has 104 valence electrons. The molecule has 0 saturated carbocycles. The van der Waals surface area contributed by atoms with Crippen LogP contribution in [-0.2, 0) is 9.59 Å². The Kier molecular flexibility index (Phi) is 5.62. The van der Waals surface area contributed by atoms with Gasteiger partial charge in [-0.3, -0.25) is 4.79 Å². The first-order valence-corrected chi connectivity index (χ1v) is 5.58. The van der Waals surface area contributed by atoms with E-state index in [4.69, 9.17) is 14.9 Å². The van der Waals surface area contributed by atoms with Gasteiger partial charge in [0, 0.05) is 13.0 Å². The Morgan fingerprint density at radius 1 is 1.32 bits per heavy atom. The van der Waals surface area contributed by atoms with Crippen molar-refractivity contribution in [1.82, 2.24) is 5.32 Å². The molecule has 1 aromatic carbocycles. The maximum absolute atomic E-state index is 11.5. The van der Waals surface area contributed by atoms with Gasteiger partial charge < -0.3 is 25.4 Å². The number of carboxylic acid groups (broad SMARTS) is 1. The van der Waals surface area contributed by atoms with Crippen molar-refractivity contribution in [2.45, 2.75) is 12.5 Å². The zero-order valence-corrected chi connectivity index (χ0v) is 10.1. The Hall–Kier alpha value is -2.28. The lowest BCUT2D eigenvalue weighted by molar-refractivity contribution is -0.142. The van der Waals surface area contributed by atoms with Crippen LogP contribution in [0.4, 0.5) is 0 Å². The average molecular weight is 269 g/mol. The molecule has 7 heteroatoms. The number of ether oxygens (including phenoxy) is 1. The SMILES string of the molecule is O=C(COc1ccccc1O)NC(CCO)C(=O)O. The number of carbonyl (C=O) groups is 2. The molecule has 0 aliphatic carbocycles. The number of para-hydroxylation sites is 2. The summed E-state index contributed by atoms with van der Waals surface area (Å²) < 4.78 is 5.04. The molecule has 4 N–H and O–H groups in total. The molecule has 19 heavy (non-hydrogen) atoms. The summed E-state index contributed by atoms with van der Waals surface area (Å²) in [6.45, 7) is -0.773. The smallest absolute Gasteiger partial charge is 0.326 e. The minimum absolute atomic E-state index is 0.0857. The number of aliphatic hydroxyl groups excluding tert-OH is 1. The Balaban J connectivity index is 2.47. The van der Waals surface area contributed by atoms with Crippen molar-refractivity contribution in [2.24, 2.45) is 0 Å². The quantitative estimate of drug-likeness (QED) is 0.541. The number of hydrogen-bond acceptors (Lipinski definition) is 5. The molecule has 0 saturated heterocycles. The van der Waals surface area contributed by atoms with Gasteiger partial charge in [-0.25, -0.2) is 4.79 Å². The lowest BCUT2D eigenvalue weighted by atomic mass is 10.2. The summed E-state index contributed by atoms with van der Waals surface area (Å²) in [4.78, 5) is 22.2. The van der Waals surface area contributed by atoms with E-state index in [0.717, 1.165) is 0 Å². The van der Waals surface area contributed by atoms with E-state index in [9.17, 15) is 14.7 Å². The van der Waals surface area contributed by atoms with Crippen molar-refractivity contribution >= 4 is 11.9 Å². The number of amides is 1. The topological polar surface area (TPSA) is 116 Å². The van der Waals surface area contributed by atoms with E-state index in [1.54, 1.807) is 12.1 Å². The second-order valence-electron chi connectivity index (χ2n) is 3.73. The maximum atomic E-state index is 11.5. The largest absolute Gasteiger partial charge is 0.504 e. The molecule has 1 rings (SSSR count). The number of benzene rings is 1. The molecule has 0 aliphatic heterocycles. The van der Waals surface area contributed by atoms with E-state index in [1.807, 2.05) is 0 Å². The summed E-state index contributed by atoms with van der Waals surface area (Å²) in [5.74, 6) is -1.86. The highest BCUT2D eigenvalue weighted by Crippen LogP contribution is 2.23. The molecule has 7 nitrogen and oxygen atoms in total. The Morgan fingerprint density at radius 3 is 2.58 bits per heavy atom. The number of phenolic OH excluding ortho intramolecular Hbond substituents is 1. The summed E-state index contributed by atoms with van der Waals surface area (Å²) in [6, 6.07) is 4.94. The number of rotatable bonds is 7. The molecule has 1 unspecified atom stereocenters. The third kappa shape index (κ3) is 4.84. The fourth-order valence-electron chi connectivity index (χ4n) is 1.34. The Morgan fingerprint density at radius 2 is 2.00 bits per heavy atom. The second-order valence-corrected chi connectivity index (χ2v) is 3.73. The minimum Gasteiger partial charge on any atom is -0.504 e. The highest BCUT2D eigenvalue weighted by Gasteiger charge is 2.19. The fraction of sp³-hybridized carbons (Fsp3) is 0.333. The minimum atomic E-state index is -1.23. The average Bonchev–Trinajstić information content (AvgIpc) is 2.37. The number of carboxylic acids is 1. The van der Waals surface area contributed by atoms with E-state index >= 15 is 0 Å². The van der Waals surface area contributed by atoms with Crippen molar-refractivity contribution in [2.75, 3.05) is 13.2 Å². The van der Waals surface area contributed by atoms with Gasteiger partial charge in [0.2, 0.25) is 0 Å². The van der Waals surface area contributed by atoms with Gasteiger partial charge >= 0.3 is 5.97 Å². The zero-order valence-electron chi connectivity index (χ0n) is 10.1. The summed E-state index contributed by atoms with van der Waals surface area (Å²) in [6.07, 6.45) is -0.0857. The van der Waals surface area contributed by atoms with Gasteiger partial charge in [0.25, 0.3) is 5.91 Å². The highest BCUT2D eigenvalue weighted by molar-refractivity contribution is 5.84. The molecule has 0 fully saturated rings. The number of hydrogen-bond donors (Lipinski definition) is 4. The standard InChI is InChI=1S/C12H15NO6/c14-6-5-8(12(17)18)13-11(16)7-19-10-4-2-1-3-9(10)15/h1-4,8,14-15H,5-7H2,(H,13,16)(H,17,18). The van der Waals surface area contributed by atoms with Crippen LogP contribution < -0.4 is 10.1 Å². The van der Waals surface area contributed by atoms with Crippen LogP contribution in [0.25, 0.3) is 0 Å². The van der Waals surface area contributed by atoms with Crippen molar-refractivity contribution in [3.05, 3.63) is 24.3 Å². The maximum Gasteiger partial charge on any atom is 0.326 e. The molecule has 0 aliphatic rings. The highest BCUT2D eigenvalue weighted by atomic mass is 16.5. The second kappa shape index (κ2) is 7.22. The van der Waals surface area contributed by atoms with Crippen LogP contribution in [0.15, 0.2) is 24.3 Å². The first-order chi connectivity index (χ1) is 9.04. The molecular weight excluding hydrogens is 254 g/mol. The van der Waals surface area contributed by atoms with Gasteiger partial charge in [-0.05, 0) is 12.1 Å². The first-order valence-electron chi connectivity index (χ1n) is 5.58. The Labute approximate surface area is 109 Å². The van der Waals surface area contributed by atoms with Crippen molar-refractivity contribution in [3.63, 3.8) is 0 Å². The fourth-order valence-corrected chi connectivity index (χ4v) is 1.34. The molecule has 0 heterocycles. The van der Waals surface area contributed by atoms with Crippen molar-refractivity contribution in [1.29, 1.82) is 0 Å². The van der Waals surface area contributed by atoms with Crippen molar-refractivity contribution in [3.8, 4) is 11.5 Å². The van der Waals surface area contributed by atoms with Crippen LogP contribution in [-0.4, -0.2) is 46.5 Å². The monoisotopic (exact) mass is 269 g/mol. The molecule has 0 spiro atoms. The van der Waals surface area contributed by atoms with Gasteiger partial charge in [-0.2, -0.15) is 0 Å². The van der Waals surface area contributed by atoms with Crippen molar-refractivity contribution < 1.29 is 29.6 Å². The molecular formula is C12H15NO6. The van der Waals surface area contributed by atoms with Crippen LogP contribution >= 0.6 is 0 Å². The summed E-state index contributed by atoms with van der Waals surface area (Å²) in [5, 5.41) is 29.0.